The molecule has 0 aromatic rings. The van der Waals surface area contributed by atoms with Crippen LogP contribution < -0.4 is 5.73 Å². The Morgan fingerprint density at radius 2 is 1.89 bits per heavy atom. The average Bonchev–Trinajstić information content (AvgIpc) is 2.22. The van der Waals surface area contributed by atoms with Crippen molar-refractivity contribution in [2.45, 2.75) is 0 Å². The summed E-state index contributed by atoms with van der Waals surface area (Å²) in [5.74, 6) is 2.52. The van der Waals surface area contributed by atoms with Crippen molar-refractivity contribution in [2.75, 3.05) is 19.8 Å². The SMILES string of the molecule is Cl.NCC1[C@H]2COC[C@H]12. The lowest BCUT2D eigenvalue weighted by atomic mass is 10.3. The summed E-state index contributed by atoms with van der Waals surface area (Å²) in [5, 5.41) is 0. The number of nitrogens with two attached hydrogens (primary N) is 1. The lowest BCUT2D eigenvalue weighted by Gasteiger charge is -1.97. The van der Waals surface area contributed by atoms with E-state index >= 15 is 0 Å². The van der Waals surface area contributed by atoms with Crippen LogP contribution in [-0.4, -0.2) is 19.8 Å². The molecule has 2 aliphatic rings. The van der Waals surface area contributed by atoms with E-state index in [0.29, 0.717) is 0 Å². The highest BCUT2D eigenvalue weighted by Crippen LogP contribution is 2.49. The van der Waals surface area contributed by atoms with Crippen LogP contribution in [0.15, 0.2) is 0 Å². The van der Waals surface area contributed by atoms with Gasteiger partial charge in [0, 0.05) is 0 Å². The van der Waals surface area contributed by atoms with E-state index in [4.69, 9.17) is 10.5 Å². The topological polar surface area (TPSA) is 35.2 Å². The number of hydrogen-bond donors (Lipinski definition) is 1. The van der Waals surface area contributed by atoms with Gasteiger partial charge in [-0.05, 0) is 24.3 Å². The van der Waals surface area contributed by atoms with Crippen LogP contribution in [0, 0.1) is 17.8 Å². The molecule has 9 heavy (non-hydrogen) atoms. The third-order valence-corrected chi connectivity index (χ3v) is 2.40. The normalized spacial score (nSPS) is 45.7. The molecule has 0 spiro atoms. The number of fused-ring (bicyclic) bond motifs is 1. The zero-order chi connectivity index (χ0) is 5.56. The molecule has 2 nitrogen and oxygen atoms in total. The van der Waals surface area contributed by atoms with Gasteiger partial charge >= 0.3 is 0 Å². The number of hydrogen-bond acceptors (Lipinski definition) is 2. The molecule has 3 heteroatoms. The van der Waals surface area contributed by atoms with E-state index in [1.165, 1.54) is 0 Å². The van der Waals surface area contributed by atoms with Crippen molar-refractivity contribution in [1.82, 2.24) is 0 Å². The van der Waals surface area contributed by atoms with Crippen molar-refractivity contribution < 1.29 is 4.74 Å². The van der Waals surface area contributed by atoms with Crippen molar-refractivity contribution in [3.63, 3.8) is 0 Å². The second-order valence-corrected chi connectivity index (χ2v) is 2.76. The van der Waals surface area contributed by atoms with Gasteiger partial charge in [-0.3, -0.25) is 0 Å². The molecule has 2 fully saturated rings. The first kappa shape index (κ1) is 7.32. The lowest BCUT2D eigenvalue weighted by molar-refractivity contribution is 0.152. The van der Waals surface area contributed by atoms with Gasteiger partial charge < -0.3 is 10.5 Å². The monoisotopic (exact) mass is 149 g/mol. The van der Waals surface area contributed by atoms with Crippen LogP contribution in [0.4, 0.5) is 0 Å². The zero-order valence-corrected chi connectivity index (χ0v) is 6.06. The molecular weight excluding hydrogens is 138 g/mol. The Balaban J connectivity index is 0.000000405. The fourth-order valence-electron chi connectivity index (χ4n) is 1.71. The molecule has 1 saturated heterocycles. The zero-order valence-electron chi connectivity index (χ0n) is 5.25. The molecule has 0 bridgehead atoms. The Hall–Kier alpha value is 0.210. The summed E-state index contributed by atoms with van der Waals surface area (Å²) in [6.45, 7) is 2.83. The Kier molecular flexibility index (Phi) is 1.99. The fourth-order valence-corrected chi connectivity index (χ4v) is 1.71. The van der Waals surface area contributed by atoms with Gasteiger partial charge in [0.25, 0.3) is 0 Å². The first-order valence-corrected chi connectivity index (χ1v) is 3.21. The van der Waals surface area contributed by atoms with E-state index in [1.54, 1.807) is 0 Å². The highest BCUT2D eigenvalue weighted by Gasteiger charge is 2.52. The van der Waals surface area contributed by atoms with E-state index in [9.17, 15) is 0 Å². The molecule has 54 valence electrons. The number of rotatable bonds is 1. The molecule has 0 unspecified atom stereocenters. The van der Waals surface area contributed by atoms with E-state index < -0.39 is 0 Å². The minimum Gasteiger partial charge on any atom is -0.381 e. The second-order valence-electron chi connectivity index (χ2n) is 2.76. The van der Waals surface area contributed by atoms with Crippen molar-refractivity contribution in [3.8, 4) is 0 Å². The van der Waals surface area contributed by atoms with Crippen LogP contribution in [0.3, 0.4) is 0 Å². The van der Waals surface area contributed by atoms with Crippen LogP contribution in [0.1, 0.15) is 0 Å². The quantitative estimate of drug-likeness (QED) is 0.581. The highest BCUT2D eigenvalue weighted by atomic mass is 35.5. The van der Waals surface area contributed by atoms with Crippen LogP contribution >= 0.6 is 12.4 Å². The van der Waals surface area contributed by atoms with Gasteiger partial charge in [-0.2, -0.15) is 0 Å². The molecule has 2 atom stereocenters. The van der Waals surface area contributed by atoms with Crippen molar-refractivity contribution >= 4 is 12.4 Å². The largest absolute Gasteiger partial charge is 0.381 e. The molecule has 1 saturated carbocycles. The van der Waals surface area contributed by atoms with Gasteiger partial charge in [-0.25, -0.2) is 0 Å². The van der Waals surface area contributed by atoms with Crippen LogP contribution in [0.25, 0.3) is 0 Å². The number of ether oxygens (including phenoxy) is 1. The van der Waals surface area contributed by atoms with Crippen molar-refractivity contribution in [1.29, 1.82) is 0 Å². The molecule has 1 aliphatic carbocycles. The molecular formula is C6H12ClNO. The smallest absolute Gasteiger partial charge is 0.0501 e. The molecule has 2 N–H and O–H groups in total. The first-order valence-electron chi connectivity index (χ1n) is 3.21. The minimum absolute atomic E-state index is 0. The Labute approximate surface area is 61.2 Å². The lowest BCUT2D eigenvalue weighted by Crippen LogP contribution is -2.08. The summed E-state index contributed by atoms with van der Waals surface area (Å²) < 4.78 is 5.18. The van der Waals surface area contributed by atoms with Crippen LogP contribution in [0.5, 0.6) is 0 Å². The summed E-state index contributed by atoms with van der Waals surface area (Å²) >= 11 is 0. The van der Waals surface area contributed by atoms with E-state index in [2.05, 4.69) is 0 Å². The summed E-state index contributed by atoms with van der Waals surface area (Å²) in [7, 11) is 0. The van der Waals surface area contributed by atoms with Gasteiger partial charge in [-0.1, -0.05) is 0 Å². The highest BCUT2D eigenvalue weighted by molar-refractivity contribution is 5.85. The maximum absolute atomic E-state index is 5.47. The molecule has 0 aromatic carbocycles. The van der Waals surface area contributed by atoms with Crippen LogP contribution in [-0.2, 0) is 4.74 Å². The third kappa shape index (κ3) is 0.955. The Bertz CT molecular complexity index is 92.5. The molecule has 0 aromatic heterocycles. The van der Waals surface area contributed by atoms with Gasteiger partial charge in [0.2, 0.25) is 0 Å². The summed E-state index contributed by atoms with van der Waals surface area (Å²) in [4.78, 5) is 0. The fraction of sp³-hybridized carbons (Fsp3) is 1.00. The summed E-state index contributed by atoms with van der Waals surface area (Å²) in [6.07, 6.45) is 0. The van der Waals surface area contributed by atoms with Gasteiger partial charge in [0.15, 0.2) is 0 Å². The summed E-state index contributed by atoms with van der Waals surface area (Å²) in [5.41, 5.74) is 5.47. The van der Waals surface area contributed by atoms with E-state index in [-0.39, 0.29) is 12.4 Å². The molecule has 0 radical (unpaired) electrons. The van der Waals surface area contributed by atoms with Gasteiger partial charge in [0.1, 0.15) is 0 Å². The first-order chi connectivity index (χ1) is 3.93. The summed E-state index contributed by atoms with van der Waals surface area (Å²) in [6, 6.07) is 0. The van der Waals surface area contributed by atoms with Crippen molar-refractivity contribution in [3.05, 3.63) is 0 Å². The van der Waals surface area contributed by atoms with E-state index in [1.807, 2.05) is 0 Å². The number of halogens is 1. The minimum atomic E-state index is 0. The predicted molar refractivity (Wildman–Crippen MR) is 37.6 cm³/mol. The predicted octanol–water partition coefficient (Wildman–Crippen LogP) is 0.259. The second kappa shape index (κ2) is 2.45. The van der Waals surface area contributed by atoms with Crippen LogP contribution in [0.2, 0.25) is 0 Å². The Morgan fingerprint density at radius 1 is 1.33 bits per heavy atom. The van der Waals surface area contributed by atoms with E-state index in [0.717, 1.165) is 37.5 Å². The standard InChI is InChI=1S/C6H11NO.ClH/c7-1-4-5-2-8-3-6(4)5;/h4-6H,1-3,7H2;1H/t5-,6-;/m1./s1. The van der Waals surface area contributed by atoms with Gasteiger partial charge in [0.05, 0.1) is 13.2 Å². The Morgan fingerprint density at radius 3 is 2.22 bits per heavy atom. The van der Waals surface area contributed by atoms with Crippen molar-refractivity contribution in [2.24, 2.45) is 23.5 Å². The molecule has 1 heterocycles. The molecule has 0 amide bonds. The maximum Gasteiger partial charge on any atom is 0.0501 e. The third-order valence-electron chi connectivity index (χ3n) is 2.40. The molecule has 2 rings (SSSR count). The average molecular weight is 150 g/mol. The maximum atomic E-state index is 5.47. The molecule has 1 aliphatic heterocycles. The van der Waals surface area contributed by atoms with Gasteiger partial charge in [-0.15, -0.1) is 12.4 Å².